The van der Waals surface area contributed by atoms with Crippen LogP contribution >= 0.6 is 0 Å². The van der Waals surface area contributed by atoms with E-state index in [1.165, 1.54) is 18.2 Å². The molecule has 0 fully saturated rings. The number of nitrogens with one attached hydrogen (secondary N) is 1. The first-order valence-corrected chi connectivity index (χ1v) is 6.08. The van der Waals surface area contributed by atoms with Gasteiger partial charge in [-0.15, -0.1) is 0 Å². The van der Waals surface area contributed by atoms with Gasteiger partial charge in [-0.25, -0.2) is 0 Å². The number of benzene rings is 1. The van der Waals surface area contributed by atoms with Crippen LogP contribution in [-0.2, 0) is 6.42 Å². The summed E-state index contributed by atoms with van der Waals surface area (Å²) >= 11 is 0. The summed E-state index contributed by atoms with van der Waals surface area (Å²) in [6, 6.07) is 4.06. The van der Waals surface area contributed by atoms with Gasteiger partial charge in [-0.05, 0) is 24.1 Å². The first kappa shape index (κ1) is 16.7. The summed E-state index contributed by atoms with van der Waals surface area (Å²) < 4.78 is 76.8. The molecule has 0 spiro atoms. The van der Waals surface area contributed by atoms with Crippen molar-refractivity contribution < 1.29 is 26.3 Å². The predicted molar refractivity (Wildman–Crippen MR) is 64.7 cm³/mol. The number of fused-ring (bicyclic) bond motifs is 1. The number of halogens is 6. The van der Waals surface area contributed by atoms with E-state index in [4.69, 9.17) is 0 Å². The molecule has 1 aliphatic heterocycles. The SMILES string of the molecule is CC.Cc1ccc2c(c1)NC(C(F)(F)F)(C(F)(F)F)C2. The van der Waals surface area contributed by atoms with Gasteiger partial charge in [0, 0.05) is 12.1 Å². The van der Waals surface area contributed by atoms with E-state index in [1.807, 2.05) is 13.8 Å². The normalized spacial score (nSPS) is 16.9. The minimum Gasteiger partial charge on any atom is -0.364 e. The Bertz CT molecular complexity index is 461. The minimum absolute atomic E-state index is 0.0234. The molecule has 0 amide bonds. The van der Waals surface area contributed by atoms with E-state index >= 15 is 0 Å². The van der Waals surface area contributed by atoms with Gasteiger partial charge in [0.15, 0.2) is 0 Å². The fourth-order valence-corrected chi connectivity index (χ4v) is 2.02. The maximum absolute atomic E-state index is 12.8. The van der Waals surface area contributed by atoms with Gasteiger partial charge < -0.3 is 5.32 Å². The van der Waals surface area contributed by atoms with Gasteiger partial charge in [-0.2, -0.15) is 26.3 Å². The molecule has 0 aromatic heterocycles. The quantitative estimate of drug-likeness (QED) is 0.675. The molecule has 0 saturated carbocycles. The first-order valence-electron chi connectivity index (χ1n) is 6.08. The first-order chi connectivity index (χ1) is 9.07. The van der Waals surface area contributed by atoms with Crippen LogP contribution in [0, 0.1) is 6.92 Å². The van der Waals surface area contributed by atoms with Gasteiger partial charge >= 0.3 is 12.4 Å². The molecule has 0 saturated heterocycles. The summed E-state index contributed by atoms with van der Waals surface area (Å²) in [4.78, 5) is 0. The van der Waals surface area contributed by atoms with Crippen molar-refractivity contribution >= 4 is 5.69 Å². The van der Waals surface area contributed by atoms with Crippen molar-refractivity contribution in [1.82, 2.24) is 0 Å². The number of anilines is 1. The van der Waals surface area contributed by atoms with Crippen molar-refractivity contribution in [3.8, 4) is 0 Å². The number of alkyl halides is 6. The summed E-state index contributed by atoms with van der Waals surface area (Å²) in [7, 11) is 0. The summed E-state index contributed by atoms with van der Waals surface area (Å²) in [5.41, 5.74) is -3.36. The average molecular weight is 299 g/mol. The third-order valence-electron chi connectivity index (χ3n) is 3.04. The van der Waals surface area contributed by atoms with Crippen molar-refractivity contribution in [2.75, 3.05) is 5.32 Å². The lowest BCUT2D eigenvalue weighted by atomic mass is 9.93. The monoisotopic (exact) mass is 299 g/mol. The zero-order valence-corrected chi connectivity index (χ0v) is 11.2. The Morgan fingerprint density at radius 2 is 1.50 bits per heavy atom. The van der Waals surface area contributed by atoms with Gasteiger partial charge in [0.25, 0.3) is 0 Å². The molecular formula is C13H15F6N. The smallest absolute Gasteiger partial charge is 0.364 e. The van der Waals surface area contributed by atoms with Crippen LogP contribution in [0.5, 0.6) is 0 Å². The van der Waals surface area contributed by atoms with E-state index in [9.17, 15) is 26.3 Å². The molecule has 0 bridgehead atoms. The number of rotatable bonds is 0. The molecule has 0 atom stereocenters. The zero-order chi connectivity index (χ0) is 15.8. The topological polar surface area (TPSA) is 12.0 Å². The molecule has 1 aliphatic rings. The standard InChI is InChI=1S/C11H9F6N.C2H6/c1-6-2-3-7-5-9(10(12,13)14,11(15,16)17)18-8(7)4-6;1-2/h2-4,18H,5H2,1H3;1-2H3. The van der Waals surface area contributed by atoms with Crippen LogP contribution in [-0.4, -0.2) is 17.9 Å². The van der Waals surface area contributed by atoms with E-state index in [0.717, 1.165) is 0 Å². The lowest BCUT2D eigenvalue weighted by molar-refractivity contribution is -0.285. The van der Waals surface area contributed by atoms with Crippen molar-refractivity contribution in [2.24, 2.45) is 0 Å². The third-order valence-corrected chi connectivity index (χ3v) is 3.04. The maximum atomic E-state index is 12.8. The van der Waals surface area contributed by atoms with Crippen molar-refractivity contribution in [2.45, 2.75) is 45.1 Å². The van der Waals surface area contributed by atoms with Crippen LogP contribution in [0.15, 0.2) is 18.2 Å². The van der Waals surface area contributed by atoms with Gasteiger partial charge in [-0.1, -0.05) is 26.0 Å². The summed E-state index contributed by atoms with van der Waals surface area (Å²) in [6.45, 7) is 5.60. The van der Waals surface area contributed by atoms with Crippen molar-refractivity contribution in [3.05, 3.63) is 29.3 Å². The molecule has 1 heterocycles. The van der Waals surface area contributed by atoms with Crippen LogP contribution in [0.2, 0.25) is 0 Å². The number of hydrogen-bond donors (Lipinski definition) is 1. The zero-order valence-electron chi connectivity index (χ0n) is 11.2. The highest BCUT2D eigenvalue weighted by atomic mass is 19.4. The van der Waals surface area contributed by atoms with Gasteiger partial charge in [0.2, 0.25) is 5.54 Å². The highest BCUT2D eigenvalue weighted by Gasteiger charge is 2.72. The summed E-state index contributed by atoms with van der Waals surface area (Å²) in [5, 5.41) is 1.62. The maximum Gasteiger partial charge on any atom is 0.420 e. The Morgan fingerprint density at radius 1 is 1.00 bits per heavy atom. The van der Waals surface area contributed by atoms with Crippen LogP contribution < -0.4 is 5.32 Å². The Kier molecular flexibility index (Phi) is 4.31. The molecule has 20 heavy (non-hydrogen) atoms. The number of aryl methyl sites for hydroxylation is 1. The Labute approximate surface area is 113 Å². The van der Waals surface area contributed by atoms with Crippen LogP contribution in [0.3, 0.4) is 0 Å². The van der Waals surface area contributed by atoms with E-state index in [2.05, 4.69) is 0 Å². The second kappa shape index (κ2) is 5.18. The molecule has 1 N–H and O–H groups in total. The second-order valence-corrected chi connectivity index (χ2v) is 4.36. The Morgan fingerprint density at radius 3 is 1.95 bits per heavy atom. The van der Waals surface area contributed by atoms with E-state index in [-0.39, 0.29) is 11.3 Å². The minimum atomic E-state index is -5.40. The highest BCUT2D eigenvalue weighted by Crippen LogP contribution is 2.51. The average Bonchev–Trinajstić information content (AvgIpc) is 2.70. The molecule has 1 aromatic rings. The summed E-state index contributed by atoms with van der Waals surface area (Å²) in [6.07, 6.45) is -11.9. The second-order valence-electron chi connectivity index (χ2n) is 4.36. The fraction of sp³-hybridized carbons (Fsp3) is 0.538. The molecule has 2 rings (SSSR count). The van der Waals surface area contributed by atoms with E-state index in [1.54, 1.807) is 12.2 Å². The third kappa shape index (κ3) is 2.58. The molecule has 7 heteroatoms. The van der Waals surface area contributed by atoms with Crippen LogP contribution in [0.25, 0.3) is 0 Å². The van der Waals surface area contributed by atoms with Crippen molar-refractivity contribution in [1.29, 1.82) is 0 Å². The molecule has 114 valence electrons. The van der Waals surface area contributed by atoms with Crippen LogP contribution in [0.1, 0.15) is 25.0 Å². The molecule has 1 aromatic carbocycles. The lowest BCUT2D eigenvalue weighted by Gasteiger charge is -2.34. The van der Waals surface area contributed by atoms with E-state index in [0.29, 0.717) is 5.56 Å². The predicted octanol–water partition coefficient (Wildman–Crippen LogP) is 4.85. The molecule has 1 nitrogen and oxygen atoms in total. The summed E-state index contributed by atoms with van der Waals surface area (Å²) in [5.74, 6) is 0. The van der Waals surface area contributed by atoms with Crippen molar-refractivity contribution in [3.63, 3.8) is 0 Å². The van der Waals surface area contributed by atoms with Gasteiger partial charge in [0.1, 0.15) is 0 Å². The van der Waals surface area contributed by atoms with Gasteiger partial charge in [0.05, 0.1) is 0 Å². The Hall–Kier alpha value is -1.40. The largest absolute Gasteiger partial charge is 0.420 e. The van der Waals surface area contributed by atoms with E-state index < -0.39 is 24.3 Å². The van der Waals surface area contributed by atoms with Gasteiger partial charge in [-0.3, -0.25) is 0 Å². The molecule has 0 unspecified atom stereocenters. The Balaban J connectivity index is 0.000000956. The lowest BCUT2D eigenvalue weighted by Crippen LogP contribution is -2.61. The molecule has 0 aliphatic carbocycles. The highest BCUT2D eigenvalue weighted by molar-refractivity contribution is 5.61. The molecule has 0 radical (unpaired) electrons. The number of hydrogen-bond acceptors (Lipinski definition) is 1. The fourth-order valence-electron chi connectivity index (χ4n) is 2.02. The molecular weight excluding hydrogens is 284 g/mol. The van der Waals surface area contributed by atoms with Crippen LogP contribution in [0.4, 0.5) is 32.0 Å².